The van der Waals surface area contributed by atoms with E-state index in [-0.39, 0.29) is 12.2 Å². The van der Waals surface area contributed by atoms with Crippen LogP contribution in [0.25, 0.3) is 11.3 Å². The van der Waals surface area contributed by atoms with Crippen molar-refractivity contribution in [2.75, 3.05) is 13.7 Å². The first-order valence-corrected chi connectivity index (χ1v) is 7.18. The molecule has 0 saturated carbocycles. The maximum Gasteiger partial charge on any atom is 0.343 e. The van der Waals surface area contributed by atoms with Crippen LogP contribution in [0.3, 0.4) is 0 Å². The molecule has 0 spiro atoms. The Kier molecular flexibility index (Phi) is 5.31. The molecule has 8 nitrogen and oxygen atoms in total. The first kappa shape index (κ1) is 17.2. The van der Waals surface area contributed by atoms with E-state index in [4.69, 9.17) is 15.2 Å². The molecule has 126 valence electrons. The molecule has 0 radical (unpaired) electrons. The van der Waals surface area contributed by atoms with Gasteiger partial charge in [0.25, 0.3) is 5.56 Å². The Bertz CT molecular complexity index is 829. The number of esters is 1. The van der Waals surface area contributed by atoms with Gasteiger partial charge in [-0.05, 0) is 25.1 Å². The van der Waals surface area contributed by atoms with Crippen molar-refractivity contribution >= 4 is 11.9 Å². The molecule has 0 atom stereocenters. The van der Waals surface area contributed by atoms with Crippen LogP contribution in [0.15, 0.2) is 35.1 Å². The molecule has 2 aromatic rings. The Morgan fingerprint density at radius 2 is 2.04 bits per heavy atom. The number of amides is 1. The van der Waals surface area contributed by atoms with Gasteiger partial charge in [0.15, 0.2) is 0 Å². The standard InChI is InChI=1S/C16H17N3O5/c1-3-24-16(22)12-8-13(10-5-4-6-11(7-10)23-2)18-19(15(12)21)9-14(17)20/h4-8H,3,9H2,1-2H3,(H2,17,20). The third-order valence-corrected chi connectivity index (χ3v) is 3.14. The van der Waals surface area contributed by atoms with E-state index in [1.807, 2.05) is 0 Å². The normalized spacial score (nSPS) is 10.2. The lowest BCUT2D eigenvalue weighted by Gasteiger charge is -2.10. The lowest BCUT2D eigenvalue weighted by atomic mass is 10.1. The topological polar surface area (TPSA) is 114 Å². The molecule has 24 heavy (non-hydrogen) atoms. The highest BCUT2D eigenvalue weighted by Gasteiger charge is 2.18. The first-order valence-electron chi connectivity index (χ1n) is 7.18. The Morgan fingerprint density at radius 3 is 2.67 bits per heavy atom. The van der Waals surface area contributed by atoms with Gasteiger partial charge in [0.2, 0.25) is 5.91 Å². The number of benzene rings is 1. The van der Waals surface area contributed by atoms with Crippen LogP contribution >= 0.6 is 0 Å². The van der Waals surface area contributed by atoms with Crippen LogP contribution in [0.2, 0.25) is 0 Å². The minimum atomic E-state index is -0.785. The van der Waals surface area contributed by atoms with Crippen molar-refractivity contribution < 1.29 is 19.1 Å². The molecule has 1 heterocycles. The summed E-state index contributed by atoms with van der Waals surface area (Å²) in [7, 11) is 1.52. The number of nitrogens with two attached hydrogens (primary N) is 1. The summed E-state index contributed by atoms with van der Waals surface area (Å²) < 4.78 is 10.9. The average molecular weight is 331 g/mol. The van der Waals surface area contributed by atoms with Crippen LogP contribution in [-0.4, -0.2) is 35.4 Å². The second kappa shape index (κ2) is 7.40. The molecule has 0 aliphatic rings. The molecule has 0 aliphatic carbocycles. The molecule has 1 amide bonds. The largest absolute Gasteiger partial charge is 0.497 e. The highest BCUT2D eigenvalue weighted by Crippen LogP contribution is 2.22. The van der Waals surface area contributed by atoms with Crippen molar-refractivity contribution in [1.29, 1.82) is 0 Å². The zero-order chi connectivity index (χ0) is 17.7. The zero-order valence-electron chi connectivity index (χ0n) is 13.3. The van der Waals surface area contributed by atoms with Crippen molar-refractivity contribution in [3.05, 3.63) is 46.2 Å². The van der Waals surface area contributed by atoms with Crippen molar-refractivity contribution in [3.8, 4) is 17.0 Å². The summed E-state index contributed by atoms with van der Waals surface area (Å²) in [6.45, 7) is 1.30. The summed E-state index contributed by atoms with van der Waals surface area (Å²) in [5.74, 6) is -0.950. The molecule has 8 heteroatoms. The van der Waals surface area contributed by atoms with E-state index in [1.54, 1.807) is 31.2 Å². The molecule has 0 saturated heterocycles. The lowest BCUT2D eigenvalue weighted by molar-refractivity contribution is -0.118. The molecule has 1 aromatic carbocycles. The SMILES string of the molecule is CCOC(=O)c1cc(-c2cccc(OC)c2)nn(CC(N)=O)c1=O. The van der Waals surface area contributed by atoms with Crippen molar-refractivity contribution in [1.82, 2.24) is 9.78 Å². The molecule has 0 aliphatic heterocycles. The number of aromatic nitrogens is 2. The quantitative estimate of drug-likeness (QED) is 0.775. The highest BCUT2D eigenvalue weighted by molar-refractivity contribution is 5.90. The fourth-order valence-electron chi connectivity index (χ4n) is 2.08. The molecule has 0 bridgehead atoms. The highest BCUT2D eigenvalue weighted by atomic mass is 16.5. The third kappa shape index (κ3) is 3.78. The van der Waals surface area contributed by atoms with Crippen molar-refractivity contribution in [2.45, 2.75) is 13.5 Å². The maximum atomic E-state index is 12.3. The van der Waals surface area contributed by atoms with Crippen molar-refractivity contribution in [2.24, 2.45) is 5.73 Å². The van der Waals surface area contributed by atoms with E-state index in [0.717, 1.165) is 4.68 Å². The number of ether oxygens (including phenoxy) is 2. The molecule has 0 unspecified atom stereocenters. The van der Waals surface area contributed by atoms with E-state index in [0.29, 0.717) is 17.0 Å². The Balaban J connectivity index is 2.62. The number of methoxy groups -OCH3 is 1. The molecular formula is C16H17N3O5. The van der Waals surface area contributed by atoms with Gasteiger partial charge < -0.3 is 15.2 Å². The maximum absolute atomic E-state index is 12.3. The number of primary amides is 1. The summed E-state index contributed by atoms with van der Waals surface area (Å²) in [6, 6.07) is 8.24. The predicted molar refractivity (Wildman–Crippen MR) is 85.6 cm³/mol. The van der Waals surface area contributed by atoms with Crippen LogP contribution in [0.4, 0.5) is 0 Å². The molecule has 2 N–H and O–H groups in total. The predicted octanol–water partition coefficient (Wildman–Crippen LogP) is 0.581. The van der Waals surface area contributed by atoms with E-state index in [2.05, 4.69) is 5.10 Å². The van der Waals surface area contributed by atoms with Crippen LogP contribution in [0.5, 0.6) is 5.75 Å². The van der Waals surface area contributed by atoms with E-state index in [1.165, 1.54) is 13.2 Å². The fourth-order valence-corrected chi connectivity index (χ4v) is 2.08. The summed E-state index contributed by atoms with van der Waals surface area (Å²) >= 11 is 0. The van der Waals surface area contributed by atoms with Gasteiger partial charge in [0.05, 0.1) is 19.4 Å². The van der Waals surface area contributed by atoms with Crippen molar-refractivity contribution in [3.63, 3.8) is 0 Å². The summed E-state index contributed by atoms with van der Waals surface area (Å²) in [5, 5.41) is 4.10. The van der Waals surface area contributed by atoms with E-state index in [9.17, 15) is 14.4 Å². The van der Waals surface area contributed by atoms with E-state index < -0.39 is 24.0 Å². The molecule has 2 rings (SSSR count). The number of hydrogen-bond donors (Lipinski definition) is 1. The van der Waals surface area contributed by atoms with Crippen LogP contribution in [0, 0.1) is 0 Å². The zero-order valence-corrected chi connectivity index (χ0v) is 13.3. The number of hydrogen-bond acceptors (Lipinski definition) is 6. The number of carbonyl (C=O) groups excluding carboxylic acids is 2. The van der Waals surface area contributed by atoms with Crippen LogP contribution in [-0.2, 0) is 16.1 Å². The van der Waals surface area contributed by atoms with Crippen LogP contribution in [0.1, 0.15) is 17.3 Å². The molecule has 0 fully saturated rings. The van der Waals surface area contributed by atoms with Gasteiger partial charge in [0, 0.05) is 5.56 Å². The van der Waals surface area contributed by atoms with E-state index >= 15 is 0 Å². The van der Waals surface area contributed by atoms with Gasteiger partial charge in [-0.15, -0.1) is 0 Å². The summed E-state index contributed by atoms with van der Waals surface area (Å²) in [4.78, 5) is 35.5. The number of nitrogens with zero attached hydrogens (tertiary/aromatic N) is 2. The first-order chi connectivity index (χ1) is 11.5. The van der Waals surface area contributed by atoms with Gasteiger partial charge >= 0.3 is 5.97 Å². The van der Waals surface area contributed by atoms with Gasteiger partial charge in [-0.3, -0.25) is 9.59 Å². The van der Waals surface area contributed by atoms with Gasteiger partial charge in [-0.2, -0.15) is 5.10 Å². The second-order valence-electron chi connectivity index (χ2n) is 4.82. The Labute approximate surface area is 137 Å². The summed E-state index contributed by atoms with van der Waals surface area (Å²) in [6.07, 6.45) is 0. The Hall–Kier alpha value is -3.16. The average Bonchev–Trinajstić information content (AvgIpc) is 2.56. The van der Waals surface area contributed by atoms with Gasteiger partial charge in [-0.1, -0.05) is 12.1 Å². The van der Waals surface area contributed by atoms with Crippen LogP contribution < -0.4 is 16.0 Å². The minimum Gasteiger partial charge on any atom is -0.497 e. The number of rotatable bonds is 6. The van der Waals surface area contributed by atoms with Gasteiger partial charge in [-0.25, -0.2) is 9.48 Å². The lowest BCUT2D eigenvalue weighted by Crippen LogP contribution is -2.34. The molecular weight excluding hydrogens is 314 g/mol. The summed E-state index contributed by atoms with van der Waals surface area (Å²) in [5.41, 5.74) is 5.11. The second-order valence-corrected chi connectivity index (χ2v) is 4.82. The fraction of sp³-hybridized carbons (Fsp3) is 0.250. The Morgan fingerprint density at radius 1 is 1.29 bits per heavy atom. The smallest absolute Gasteiger partial charge is 0.343 e. The minimum absolute atomic E-state index is 0.116. The van der Waals surface area contributed by atoms with Gasteiger partial charge in [0.1, 0.15) is 17.9 Å². The monoisotopic (exact) mass is 331 g/mol. The third-order valence-electron chi connectivity index (χ3n) is 3.14. The molecule has 1 aromatic heterocycles. The number of carbonyl (C=O) groups is 2.